The topological polar surface area (TPSA) is 84.9 Å². The van der Waals surface area contributed by atoms with Crippen molar-refractivity contribution >= 4 is 21.5 Å². The second-order valence-corrected chi connectivity index (χ2v) is 5.93. The van der Waals surface area contributed by atoms with E-state index in [9.17, 15) is 8.42 Å². The molecule has 1 aliphatic heterocycles. The van der Waals surface area contributed by atoms with Gasteiger partial charge in [0.05, 0.1) is 5.75 Å². The normalized spacial score (nSPS) is 19.2. The molecular formula is C9H13NO5S2. The van der Waals surface area contributed by atoms with Gasteiger partial charge in [0.25, 0.3) is 10.1 Å². The Balaban J connectivity index is 1.72. The molecule has 17 heavy (non-hydrogen) atoms. The number of nitrogens with one attached hydrogen (secondary N) is 1. The molecule has 0 amide bonds. The zero-order valence-electron chi connectivity index (χ0n) is 8.96. The first-order valence-corrected chi connectivity index (χ1v) is 7.64. The molecule has 1 atom stereocenters. The van der Waals surface area contributed by atoms with Crippen LogP contribution >= 0.6 is 11.3 Å². The lowest BCUT2D eigenvalue weighted by atomic mass is 10.4. The molecule has 0 bridgehead atoms. The molecule has 2 rings (SSSR count). The van der Waals surface area contributed by atoms with Crippen molar-refractivity contribution in [2.45, 2.75) is 12.6 Å². The molecule has 1 aliphatic rings. The van der Waals surface area contributed by atoms with Gasteiger partial charge in [0, 0.05) is 10.8 Å². The van der Waals surface area contributed by atoms with Crippen LogP contribution in [-0.4, -0.2) is 38.1 Å². The largest absolute Gasteiger partial charge is 0.483 e. The second-order valence-electron chi connectivity index (χ2n) is 3.61. The molecule has 2 N–H and O–H groups in total. The Bertz CT molecular complexity index is 469. The van der Waals surface area contributed by atoms with E-state index in [0.717, 1.165) is 5.75 Å². The standard InChI is InChI=1S/C9H13NO5S2/c11-17(12,13)3-1-2-10-9-4-14-7-5-16-6-8(7)15-9/h5-6,9-10H,1-4H2,(H,11,12,13). The minimum Gasteiger partial charge on any atom is -0.483 e. The van der Waals surface area contributed by atoms with E-state index in [4.69, 9.17) is 14.0 Å². The zero-order chi connectivity index (χ0) is 12.3. The van der Waals surface area contributed by atoms with E-state index >= 15 is 0 Å². The second kappa shape index (κ2) is 5.21. The average Bonchev–Trinajstić information content (AvgIpc) is 2.70. The lowest BCUT2D eigenvalue weighted by Crippen LogP contribution is -2.42. The summed E-state index contributed by atoms with van der Waals surface area (Å²) in [4.78, 5) is 0. The minimum absolute atomic E-state index is 0.253. The van der Waals surface area contributed by atoms with Gasteiger partial charge in [0.15, 0.2) is 17.7 Å². The van der Waals surface area contributed by atoms with Crippen molar-refractivity contribution in [3.8, 4) is 11.5 Å². The molecule has 1 aromatic rings. The van der Waals surface area contributed by atoms with Crippen LogP contribution in [0.5, 0.6) is 11.5 Å². The summed E-state index contributed by atoms with van der Waals surface area (Å²) in [5.74, 6) is 1.19. The molecule has 1 unspecified atom stereocenters. The third kappa shape index (κ3) is 3.84. The smallest absolute Gasteiger partial charge is 0.264 e. The third-order valence-corrected chi connectivity index (χ3v) is 3.71. The summed E-state index contributed by atoms with van der Waals surface area (Å²) in [5, 5.41) is 6.72. The first-order valence-electron chi connectivity index (χ1n) is 5.09. The van der Waals surface area contributed by atoms with Crippen molar-refractivity contribution in [2.24, 2.45) is 0 Å². The van der Waals surface area contributed by atoms with Crippen LogP contribution < -0.4 is 14.8 Å². The van der Waals surface area contributed by atoms with E-state index in [2.05, 4.69) is 5.32 Å². The lowest BCUT2D eigenvalue weighted by molar-refractivity contribution is 0.0682. The number of hydrogen-bond acceptors (Lipinski definition) is 6. The van der Waals surface area contributed by atoms with Crippen molar-refractivity contribution in [3.63, 3.8) is 0 Å². The molecule has 1 aromatic heterocycles. The highest BCUT2D eigenvalue weighted by Gasteiger charge is 2.20. The van der Waals surface area contributed by atoms with Crippen LogP contribution in [0.3, 0.4) is 0 Å². The highest BCUT2D eigenvalue weighted by molar-refractivity contribution is 7.85. The van der Waals surface area contributed by atoms with Gasteiger partial charge in [-0.3, -0.25) is 9.87 Å². The molecule has 0 spiro atoms. The Morgan fingerprint density at radius 1 is 1.47 bits per heavy atom. The first kappa shape index (κ1) is 12.6. The van der Waals surface area contributed by atoms with E-state index in [-0.39, 0.29) is 12.0 Å². The summed E-state index contributed by atoms with van der Waals surface area (Å²) in [6.45, 7) is 0.822. The number of fused-ring (bicyclic) bond motifs is 1. The minimum atomic E-state index is -3.88. The summed E-state index contributed by atoms with van der Waals surface area (Å²) in [6.07, 6.45) is 0.0494. The number of hydrogen-bond donors (Lipinski definition) is 2. The average molecular weight is 279 g/mol. The zero-order valence-corrected chi connectivity index (χ0v) is 10.6. The Hall–Kier alpha value is -0.830. The van der Waals surface area contributed by atoms with E-state index in [1.54, 1.807) is 0 Å². The molecule has 6 nitrogen and oxygen atoms in total. The first-order chi connectivity index (χ1) is 8.04. The van der Waals surface area contributed by atoms with Crippen LogP contribution in [0, 0.1) is 0 Å². The van der Waals surface area contributed by atoms with Crippen LogP contribution in [0.2, 0.25) is 0 Å². The molecule has 0 radical (unpaired) electrons. The molecule has 0 saturated heterocycles. The Kier molecular flexibility index (Phi) is 3.87. The third-order valence-electron chi connectivity index (χ3n) is 2.20. The summed E-state index contributed by atoms with van der Waals surface area (Å²) < 4.78 is 40.5. The molecular weight excluding hydrogens is 266 g/mol. The quantitative estimate of drug-likeness (QED) is 0.610. The molecule has 2 heterocycles. The molecule has 0 fully saturated rings. The fraction of sp³-hybridized carbons (Fsp3) is 0.556. The molecule has 0 saturated carbocycles. The van der Waals surface area contributed by atoms with Crippen LogP contribution in [0.15, 0.2) is 10.8 Å². The SMILES string of the molecule is O=S(=O)(O)CCCNC1COc2cscc2O1. The molecule has 96 valence electrons. The summed E-state index contributed by atoms with van der Waals surface area (Å²) >= 11 is 1.50. The monoisotopic (exact) mass is 279 g/mol. The van der Waals surface area contributed by atoms with Gasteiger partial charge in [-0.05, 0) is 13.0 Å². The van der Waals surface area contributed by atoms with Crippen molar-refractivity contribution in [1.29, 1.82) is 0 Å². The van der Waals surface area contributed by atoms with E-state index in [0.29, 0.717) is 25.3 Å². The molecule has 0 aliphatic carbocycles. The highest BCUT2D eigenvalue weighted by Crippen LogP contribution is 2.34. The van der Waals surface area contributed by atoms with Crippen LogP contribution in [0.25, 0.3) is 0 Å². The molecule has 8 heteroatoms. The van der Waals surface area contributed by atoms with E-state index < -0.39 is 10.1 Å². The maximum atomic E-state index is 10.5. The fourth-order valence-electron chi connectivity index (χ4n) is 1.44. The van der Waals surface area contributed by atoms with Gasteiger partial charge >= 0.3 is 0 Å². The van der Waals surface area contributed by atoms with E-state index in [1.807, 2.05) is 10.8 Å². The lowest BCUT2D eigenvalue weighted by Gasteiger charge is -2.25. The predicted octanol–water partition coefficient (Wildman–Crippen LogP) is 0.713. The number of ether oxygens (including phenoxy) is 2. The van der Waals surface area contributed by atoms with Crippen LogP contribution in [0.4, 0.5) is 0 Å². The molecule has 0 aromatic carbocycles. The summed E-state index contributed by atoms with van der Waals surface area (Å²) in [6, 6.07) is 0. The van der Waals surface area contributed by atoms with Gasteiger partial charge in [0.2, 0.25) is 0 Å². The summed E-state index contributed by atoms with van der Waals surface area (Å²) in [7, 11) is -3.88. The van der Waals surface area contributed by atoms with Gasteiger partial charge in [-0.1, -0.05) is 0 Å². The van der Waals surface area contributed by atoms with Gasteiger partial charge in [-0.15, -0.1) is 11.3 Å². The van der Waals surface area contributed by atoms with Crippen molar-refractivity contribution < 1.29 is 22.4 Å². The van der Waals surface area contributed by atoms with Crippen LogP contribution in [0.1, 0.15) is 6.42 Å². The van der Waals surface area contributed by atoms with Gasteiger partial charge in [-0.2, -0.15) is 8.42 Å². The van der Waals surface area contributed by atoms with Crippen LogP contribution in [-0.2, 0) is 10.1 Å². The van der Waals surface area contributed by atoms with Gasteiger partial charge in [-0.25, -0.2) is 0 Å². The Morgan fingerprint density at radius 2 is 2.24 bits per heavy atom. The Labute approximate surface area is 103 Å². The highest BCUT2D eigenvalue weighted by atomic mass is 32.2. The van der Waals surface area contributed by atoms with Crippen molar-refractivity contribution in [1.82, 2.24) is 5.32 Å². The van der Waals surface area contributed by atoms with Gasteiger partial charge < -0.3 is 9.47 Å². The fourth-order valence-corrected chi connectivity index (χ4v) is 2.62. The number of thiophene rings is 1. The Morgan fingerprint density at radius 3 is 3.00 bits per heavy atom. The van der Waals surface area contributed by atoms with Crippen molar-refractivity contribution in [2.75, 3.05) is 18.9 Å². The van der Waals surface area contributed by atoms with Gasteiger partial charge in [0.1, 0.15) is 6.61 Å². The van der Waals surface area contributed by atoms with E-state index in [1.165, 1.54) is 11.3 Å². The maximum absolute atomic E-state index is 10.5. The van der Waals surface area contributed by atoms with Crippen molar-refractivity contribution in [3.05, 3.63) is 10.8 Å². The maximum Gasteiger partial charge on any atom is 0.264 e. The number of rotatable bonds is 5. The predicted molar refractivity (Wildman–Crippen MR) is 63.3 cm³/mol. The summed E-state index contributed by atoms with van der Waals surface area (Å²) in [5.41, 5.74) is 0.